The van der Waals surface area contributed by atoms with Crippen LogP contribution in [0, 0.1) is 5.92 Å². The third-order valence-electron chi connectivity index (χ3n) is 5.39. The minimum absolute atomic E-state index is 0.221. The first kappa shape index (κ1) is 17.3. The Morgan fingerprint density at radius 1 is 1.25 bits per heavy atom. The summed E-state index contributed by atoms with van der Waals surface area (Å²) in [7, 11) is 0. The molecule has 2 unspecified atom stereocenters. The first-order chi connectivity index (χ1) is 11.7. The van der Waals surface area contributed by atoms with E-state index in [4.69, 9.17) is 4.74 Å². The number of carbonyl (C=O) groups excluding carboxylic acids is 1. The summed E-state index contributed by atoms with van der Waals surface area (Å²) in [5.74, 6) is 0.698. The summed E-state index contributed by atoms with van der Waals surface area (Å²) in [5.41, 5.74) is 1.02. The van der Waals surface area contributed by atoms with Crippen molar-refractivity contribution in [2.45, 2.75) is 64.1 Å². The lowest BCUT2D eigenvalue weighted by Gasteiger charge is -2.45. The second kappa shape index (κ2) is 8.52. The number of nitrogens with zero attached hydrogens (tertiary/aromatic N) is 1. The molecule has 0 spiro atoms. The molecular formula is C20H30N2O2. The molecule has 0 bridgehead atoms. The summed E-state index contributed by atoms with van der Waals surface area (Å²) in [4.78, 5) is 14.8. The van der Waals surface area contributed by atoms with Crippen LogP contribution in [-0.2, 0) is 11.3 Å². The van der Waals surface area contributed by atoms with E-state index in [2.05, 4.69) is 17.1 Å². The lowest BCUT2D eigenvalue weighted by molar-refractivity contribution is 0.0527. The van der Waals surface area contributed by atoms with E-state index >= 15 is 0 Å². The van der Waals surface area contributed by atoms with Gasteiger partial charge in [0.1, 0.15) is 6.61 Å². The molecule has 24 heavy (non-hydrogen) atoms. The predicted octanol–water partition coefficient (Wildman–Crippen LogP) is 3.96. The number of piperidine rings is 1. The Hall–Kier alpha value is -1.55. The molecule has 2 aliphatic rings. The molecule has 2 atom stereocenters. The molecule has 1 N–H and O–H groups in total. The molecule has 132 valence electrons. The summed E-state index contributed by atoms with van der Waals surface area (Å²) in [5, 5.41) is 3.11. The third-order valence-corrected chi connectivity index (χ3v) is 5.39. The van der Waals surface area contributed by atoms with E-state index in [-0.39, 0.29) is 12.1 Å². The predicted molar refractivity (Wildman–Crippen MR) is 95.8 cm³/mol. The molecule has 0 radical (unpaired) electrons. The summed E-state index contributed by atoms with van der Waals surface area (Å²) < 4.78 is 5.39. The van der Waals surface area contributed by atoms with Crippen molar-refractivity contribution in [1.29, 1.82) is 0 Å². The van der Waals surface area contributed by atoms with E-state index < -0.39 is 0 Å². The summed E-state index contributed by atoms with van der Waals surface area (Å²) >= 11 is 0. The minimum Gasteiger partial charge on any atom is -0.445 e. The maximum absolute atomic E-state index is 12.2. The highest BCUT2D eigenvalue weighted by Gasteiger charge is 2.34. The van der Waals surface area contributed by atoms with Crippen LogP contribution < -0.4 is 5.32 Å². The molecule has 2 fully saturated rings. The number of amides is 1. The number of hydrogen-bond acceptors (Lipinski definition) is 3. The smallest absolute Gasteiger partial charge is 0.407 e. The molecule has 1 heterocycles. The molecular weight excluding hydrogens is 300 g/mol. The van der Waals surface area contributed by atoms with Crippen LogP contribution in [-0.4, -0.2) is 36.2 Å². The van der Waals surface area contributed by atoms with E-state index in [9.17, 15) is 4.79 Å². The quantitative estimate of drug-likeness (QED) is 0.858. The van der Waals surface area contributed by atoms with Gasteiger partial charge in [0.05, 0.1) is 0 Å². The maximum Gasteiger partial charge on any atom is 0.407 e. The van der Waals surface area contributed by atoms with Gasteiger partial charge in [-0.25, -0.2) is 4.79 Å². The molecule has 4 heteroatoms. The highest BCUT2D eigenvalue weighted by Crippen LogP contribution is 2.30. The van der Waals surface area contributed by atoms with Crippen LogP contribution in [0.5, 0.6) is 0 Å². The van der Waals surface area contributed by atoms with Crippen LogP contribution in [0.3, 0.4) is 0 Å². The van der Waals surface area contributed by atoms with Crippen molar-refractivity contribution in [1.82, 2.24) is 10.2 Å². The van der Waals surface area contributed by atoms with E-state index in [0.29, 0.717) is 12.5 Å². The molecule has 3 rings (SSSR count). The number of likely N-dealkylation sites (tertiary alicyclic amines) is 1. The highest BCUT2D eigenvalue weighted by atomic mass is 16.5. The number of carbonyl (C=O) groups is 1. The summed E-state index contributed by atoms with van der Waals surface area (Å²) in [6, 6.07) is 10.8. The first-order valence-electron chi connectivity index (χ1n) is 9.46. The van der Waals surface area contributed by atoms with Crippen LogP contribution in [0.15, 0.2) is 30.3 Å². The van der Waals surface area contributed by atoms with Gasteiger partial charge in [-0.05, 0) is 37.2 Å². The van der Waals surface area contributed by atoms with Crippen LogP contribution >= 0.6 is 0 Å². The monoisotopic (exact) mass is 330 g/mol. The lowest BCUT2D eigenvalue weighted by Crippen LogP contribution is -2.55. The van der Waals surface area contributed by atoms with Crippen LogP contribution in [0.2, 0.25) is 0 Å². The van der Waals surface area contributed by atoms with Gasteiger partial charge in [0.25, 0.3) is 0 Å². The largest absolute Gasteiger partial charge is 0.445 e. The topological polar surface area (TPSA) is 41.6 Å². The second-order valence-corrected chi connectivity index (χ2v) is 7.33. The fraction of sp³-hybridized carbons (Fsp3) is 0.650. The SMILES string of the molecule is CCCC1CC(NC(=O)OCc2ccccc2)CN(C2CCC2)C1. The fourth-order valence-corrected chi connectivity index (χ4v) is 3.94. The van der Waals surface area contributed by atoms with Crippen LogP contribution in [0.4, 0.5) is 4.79 Å². The van der Waals surface area contributed by atoms with Gasteiger partial charge in [0.2, 0.25) is 0 Å². The Morgan fingerprint density at radius 3 is 2.71 bits per heavy atom. The Morgan fingerprint density at radius 2 is 2.04 bits per heavy atom. The van der Waals surface area contributed by atoms with E-state index in [0.717, 1.165) is 24.6 Å². The number of rotatable bonds is 6. The van der Waals surface area contributed by atoms with Gasteiger partial charge in [-0.3, -0.25) is 4.90 Å². The van der Waals surface area contributed by atoms with Gasteiger partial charge in [-0.15, -0.1) is 0 Å². The minimum atomic E-state index is -0.283. The molecule has 1 aromatic carbocycles. The summed E-state index contributed by atoms with van der Waals surface area (Å²) in [6.45, 7) is 4.77. The Labute approximate surface area is 145 Å². The second-order valence-electron chi connectivity index (χ2n) is 7.33. The molecule has 1 aliphatic carbocycles. The zero-order valence-corrected chi connectivity index (χ0v) is 14.7. The van der Waals surface area contributed by atoms with Crippen molar-refractivity contribution in [2.24, 2.45) is 5.92 Å². The normalized spacial score (nSPS) is 25.0. The zero-order valence-electron chi connectivity index (χ0n) is 14.7. The number of hydrogen-bond donors (Lipinski definition) is 1. The van der Waals surface area contributed by atoms with Crippen molar-refractivity contribution in [3.63, 3.8) is 0 Å². The molecule has 1 amide bonds. The standard InChI is InChI=1S/C20H30N2O2/c1-2-7-17-12-18(14-22(13-17)19-10-6-11-19)21-20(23)24-15-16-8-4-3-5-9-16/h3-5,8-9,17-19H,2,6-7,10-15H2,1H3,(H,21,23). The van der Waals surface area contributed by atoms with Crippen molar-refractivity contribution in [2.75, 3.05) is 13.1 Å². The fourth-order valence-electron chi connectivity index (χ4n) is 3.94. The lowest BCUT2D eigenvalue weighted by atomic mass is 9.85. The Balaban J connectivity index is 1.49. The zero-order chi connectivity index (χ0) is 16.8. The van der Waals surface area contributed by atoms with Gasteiger partial charge < -0.3 is 10.1 Å². The van der Waals surface area contributed by atoms with Gasteiger partial charge in [-0.2, -0.15) is 0 Å². The van der Waals surface area contributed by atoms with Crippen molar-refractivity contribution in [3.8, 4) is 0 Å². The number of benzene rings is 1. The maximum atomic E-state index is 12.2. The van der Waals surface area contributed by atoms with Crippen LogP contribution in [0.1, 0.15) is 51.0 Å². The molecule has 1 saturated carbocycles. The van der Waals surface area contributed by atoms with E-state index in [1.807, 2.05) is 30.3 Å². The van der Waals surface area contributed by atoms with Gasteiger partial charge in [-0.1, -0.05) is 50.1 Å². The Kier molecular flexibility index (Phi) is 6.13. The number of nitrogens with one attached hydrogen (secondary N) is 1. The first-order valence-corrected chi connectivity index (χ1v) is 9.46. The van der Waals surface area contributed by atoms with Crippen molar-refractivity contribution in [3.05, 3.63) is 35.9 Å². The van der Waals surface area contributed by atoms with Gasteiger partial charge >= 0.3 is 6.09 Å². The van der Waals surface area contributed by atoms with E-state index in [1.54, 1.807) is 0 Å². The summed E-state index contributed by atoms with van der Waals surface area (Å²) in [6.07, 6.45) is 7.27. The number of alkyl carbamates (subject to hydrolysis) is 1. The number of ether oxygens (including phenoxy) is 1. The molecule has 4 nitrogen and oxygen atoms in total. The molecule has 1 saturated heterocycles. The molecule has 0 aromatic heterocycles. The third kappa shape index (κ3) is 4.73. The van der Waals surface area contributed by atoms with Crippen LogP contribution in [0.25, 0.3) is 0 Å². The molecule has 1 aromatic rings. The van der Waals surface area contributed by atoms with Gasteiger partial charge in [0.15, 0.2) is 0 Å². The van der Waals surface area contributed by atoms with E-state index in [1.165, 1.54) is 38.6 Å². The van der Waals surface area contributed by atoms with Crippen molar-refractivity contribution >= 4 is 6.09 Å². The Bertz CT molecular complexity index is 516. The average Bonchev–Trinajstić information content (AvgIpc) is 2.52. The average molecular weight is 330 g/mol. The van der Waals surface area contributed by atoms with Gasteiger partial charge in [0, 0.05) is 25.2 Å². The van der Waals surface area contributed by atoms with Crippen molar-refractivity contribution < 1.29 is 9.53 Å². The highest BCUT2D eigenvalue weighted by molar-refractivity contribution is 5.67. The molecule has 1 aliphatic heterocycles.